The first kappa shape index (κ1) is 17.9. The van der Waals surface area contributed by atoms with Crippen LogP contribution in [0.25, 0.3) is 0 Å². The summed E-state index contributed by atoms with van der Waals surface area (Å²) in [5.41, 5.74) is 1.71. The molecule has 2 fully saturated rings. The number of hydrogen-bond acceptors (Lipinski definition) is 2. The summed E-state index contributed by atoms with van der Waals surface area (Å²) >= 11 is 3.54. The predicted molar refractivity (Wildman–Crippen MR) is 100 cm³/mol. The van der Waals surface area contributed by atoms with Crippen molar-refractivity contribution in [3.63, 3.8) is 0 Å². The third kappa shape index (κ3) is 4.20. The lowest BCUT2D eigenvalue weighted by atomic mass is 9.69. The number of nitrogens with one attached hydrogen (secondary N) is 1. The number of benzene rings is 1. The number of carboxylic acid groups (broad SMARTS) is 1. The molecule has 0 atom stereocenters. The Labute approximate surface area is 153 Å². The van der Waals surface area contributed by atoms with Crippen molar-refractivity contribution in [2.24, 2.45) is 5.92 Å². The van der Waals surface area contributed by atoms with Crippen LogP contribution in [0.4, 0.5) is 0 Å². The largest absolute Gasteiger partial charge is 0.481 e. The number of halogens is 1. The Morgan fingerprint density at radius 3 is 2.29 bits per heavy atom. The summed E-state index contributed by atoms with van der Waals surface area (Å²) in [5.74, 6) is -0.745. The van der Waals surface area contributed by atoms with Crippen molar-refractivity contribution in [2.45, 2.75) is 69.2 Å². The van der Waals surface area contributed by atoms with E-state index in [0.717, 1.165) is 36.7 Å². The van der Waals surface area contributed by atoms with Crippen LogP contribution >= 0.6 is 15.9 Å². The fourth-order valence-corrected chi connectivity index (χ4v) is 4.75. The van der Waals surface area contributed by atoms with Crippen molar-refractivity contribution in [3.8, 4) is 0 Å². The molecule has 0 unspecified atom stereocenters. The van der Waals surface area contributed by atoms with Gasteiger partial charge in [0.25, 0.3) is 0 Å². The van der Waals surface area contributed by atoms with E-state index in [2.05, 4.69) is 45.5 Å². The van der Waals surface area contributed by atoms with Crippen molar-refractivity contribution in [2.75, 3.05) is 6.54 Å². The lowest BCUT2D eigenvalue weighted by Gasteiger charge is -2.40. The van der Waals surface area contributed by atoms with E-state index in [1.807, 2.05) is 0 Å². The second kappa shape index (κ2) is 8.01. The van der Waals surface area contributed by atoms with E-state index < -0.39 is 5.97 Å². The number of hydrogen-bond donors (Lipinski definition) is 2. The van der Waals surface area contributed by atoms with Crippen LogP contribution in [-0.2, 0) is 10.2 Å². The zero-order chi connectivity index (χ0) is 17.0. The minimum atomic E-state index is -0.618. The van der Waals surface area contributed by atoms with Crippen LogP contribution in [0.2, 0.25) is 0 Å². The highest BCUT2D eigenvalue weighted by atomic mass is 79.9. The SMILES string of the molecule is O=C(O)C1CCC(NCC2(c3ccc(Br)cc3)CCCCC2)CC1. The average Bonchev–Trinajstić information content (AvgIpc) is 2.62. The lowest BCUT2D eigenvalue weighted by Crippen LogP contribution is -2.45. The highest BCUT2D eigenvalue weighted by Crippen LogP contribution is 2.40. The maximum Gasteiger partial charge on any atom is 0.306 e. The molecular weight excluding hydrogens is 366 g/mol. The minimum absolute atomic E-state index is 0.127. The smallest absolute Gasteiger partial charge is 0.306 e. The molecule has 0 amide bonds. The molecule has 2 aliphatic carbocycles. The summed E-state index contributed by atoms with van der Waals surface area (Å²) < 4.78 is 1.14. The Balaban J connectivity index is 1.63. The lowest BCUT2D eigenvalue weighted by molar-refractivity contribution is -0.142. The van der Waals surface area contributed by atoms with Gasteiger partial charge in [-0.05, 0) is 56.2 Å². The van der Waals surface area contributed by atoms with Gasteiger partial charge in [-0.15, -0.1) is 0 Å². The molecule has 0 spiro atoms. The molecule has 132 valence electrons. The van der Waals surface area contributed by atoms with Gasteiger partial charge in [0.1, 0.15) is 0 Å². The molecule has 0 aliphatic heterocycles. The summed E-state index contributed by atoms with van der Waals surface area (Å²) in [7, 11) is 0. The zero-order valence-electron chi connectivity index (χ0n) is 14.3. The fourth-order valence-electron chi connectivity index (χ4n) is 4.48. The van der Waals surface area contributed by atoms with Gasteiger partial charge in [0.05, 0.1) is 5.92 Å². The summed E-state index contributed by atoms with van der Waals surface area (Å²) in [6.45, 7) is 1.02. The monoisotopic (exact) mass is 393 g/mol. The first-order chi connectivity index (χ1) is 11.6. The van der Waals surface area contributed by atoms with Crippen molar-refractivity contribution >= 4 is 21.9 Å². The van der Waals surface area contributed by atoms with Crippen LogP contribution in [-0.4, -0.2) is 23.7 Å². The number of carbonyl (C=O) groups is 1. The van der Waals surface area contributed by atoms with Crippen molar-refractivity contribution in [1.82, 2.24) is 5.32 Å². The molecule has 2 aliphatic rings. The van der Waals surface area contributed by atoms with Crippen LogP contribution in [0.15, 0.2) is 28.7 Å². The Morgan fingerprint density at radius 2 is 1.71 bits per heavy atom. The van der Waals surface area contributed by atoms with Crippen molar-refractivity contribution < 1.29 is 9.90 Å². The second-order valence-corrected chi connectivity index (χ2v) is 8.53. The second-order valence-electron chi connectivity index (χ2n) is 7.62. The molecule has 4 heteroatoms. The van der Waals surface area contributed by atoms with Gasteiger partial charge in [-0.25, -0.2) is 0 Å². The van der Waals surface area contributed by atoms with Crippen molar-refractivity contribution in [1.29, 1.82) is 0 Å². The third-order valence-corrected chi connectivity index (χ3v) is 6.60. The van der Waals surface area contributed by atoms with Crippen LogP contribution < -0.4 is 5.32 Å². The number of carboxylic acids is 1. The summed E-state index contributed by atoms with van der Waals surface area (Å²) in [4.78, 5) is 11.1. The molecule has 3 nitrogen and oxygen atoms in total. The van der Waals surface area contributed by atoms with Crippen LogP contribution in [0, 0.1) is 5.92 Å². The molecule has 1 aromatic rings. The molecule has 0 bridgehead atoms. The van der Waals surface area contributed by atoms with Crippen LogP contribution in [0.1, 0.15) is 63.4 Å². The highest BCUT2D eigenvalue weighted by molar-refractivity contribution is 9.10. The molecule has 0 radical (unpaired) electrons. The molecule has 2 N–H and O–H groups in total. The standard InChI is InChI=1S/C20H28BrNO2/c21-17-8-6-16(7-9-17)20(12-2-1-3-13-20)14-22-18-10-4-15(5-11-18)19(23)24/h6-9,15,18,22H,1-5,10-14H2,(H,23,24). The normalized spacial score (nSPS) is 26.9. The molecule has 2 saturated carbocycles. The molecular formula is C20H28BrNO2. The van der Waals surface area contributed by atoms with E-state index in [1.165, 1.54) is 37.7 Å². The quantitative estimate of drug-likeness (QED) is 0.748. The van der Waals surface area contributed by atoms with Gasteiger partial charge >= 0.3 is 5.97 Å². The average molecular weight is 394 g/mol. The Morgan fingerprint density at radius 1 is 1.08 bits per heavy atom. The van der Waals surface area contributed by atoms with E-state index in [1.54, 1.807) is 0 Å². The van der Waals surface area contributed by atoms with E-state index in [4.69, 9.17) is 5.11 Å². The Bertz CT molecular complexity index is 543. The van der Waals surface area contributed by atoms with E-state index in [-0.39, 0.29) is 11.3 Å². The van der Waals surface area contributed by atoms with Gasteiger partial charge in [0.2, 0.25) is 0 Å². The number of aliphatic carboxylic acids is 1. The zero-order valence-corrected chi connectivity index (χ0v) is 15.9. The summed E-state index contributed by atoms with van der Waals surface area (Å²) in [5, 5.41) is 12.9. The third-order valence-electron chi connectivity index (χ3n) is 6.07. The van der Waals surface area contributed by atoms with E-state index >= 15 is 0 Å². The number of rotatable bonds is 5. The van der Waals surface area contributed by atoms with Gasteiger partial charge < -0.3 is 10.4 Å². The fraction of sp³-hybridized carbons (Fsp3) is 0.650. The maximum absolute atomic E-state index is 11.1. The van der Waals surface area contributed by atoms with E-state index in [0.29, 0.717) is 6.04 Å². The molecule has 0 aromatic heterocycles. The Kier molecular flexibility index (Phi) is 5.98. The minimum Gasteiger partial charge on any atom is -0.481 e. The topological polar surface area (TPSA) is 49.3 Å². The van der Waals surface area contributed by atoms with Gasteiger partial charge in [-0.1, -0.05) is 47.3 Å². The maximum atomic E-state index is 11.1. The first-order valence-corrected chi connectivity index (χ1v) is 10.1. The predicted octanol–water partition coefficient (Wildman–Crippen LogP) is 4.88. The van der Waals surface area contributed by atoms with Gasteiger partial charge in [-0.3, -0.25) is 4.79 Å². The molecule has 0 saturated heterocycles. The molecule has 3 rings (SSSR count). The van der Waals surface area contributed by atoms with Crippen LogP contribution in [0.5, 0.6) is 0 Å². The Hall–Kier alpha value is -0.870. The van der Waals surface area contributed by atoms with Gasteiger partial charge in [0, 0.05) is 22.5 Å². The van der Waals surface area contributed by atoms with Crippen molar-refractivity contribution in [3.05, 3.63) is 34.3 Å². The molecule has 0 heterocycles. The van der Waals surface area contributed by atoms with Crippen LogP contribution in [0.3, 0.4) is 0 Å². The van der Waals surface area contributed by atoms with Gasteiger partial charge in [0.15, 0.2) is 0 Å². The van der Waals surface area contributed by atoms with E-state index in [9.17, 15) is 4.79 Å². The summed E-state index contributed by atoms with van der Waals surface area (Å²) in [6.07, 6.45) is 10.1. The highest BCUT2D eigenvalue weighted by Gasteiger charge is 2.35. The first-order valence-electron chi connectivity index (χ1n) is 9.31. The molecule has 24 heavy (non-hydrogen) atoms. The molecule has 1 aromatic carbocycles. The van der Waals surface area contributed by atoms with Gasteiger partial charge in [-0.2, -0.15) is 0 Å². The summed E-state index contributed by atoms with van der Waals surface area (Å²) in [6, 6.07) is 9.35.